The van der Waals surface area contributed by atoms with E-state index in [0.29, 0.717) is 23.8 Å². The summed E-state index contributed by atoms with van der Waals surface area (Å²) >= 11 is 0. The van der Waals surface area contributed by atoms with Crippen molar-refractivity contribution >= 4 is 10.0 Å². The Kier molecular flexibility index (Phi) is 5.39. The molecule has 0 fully saturated rings. The number of benzene rings is 2. The van der Waals surface area contributed by atoms with Crippen LogP contribution in [0.5, 0.6) is 5.75 Å². The number of oxazole rings is 1. The molecule has 0 aliphatic rings. The standard InChI is InChI=1S/C19H20N2O4S/c1-14-18(21-19(25-14)15-6-4-3-5-7-15)12-13-20-26(22,23)17-10-8-16(24-2)9-11-17/h3-11,20H,12-13H2,1-2H3. The third-order valence-corrected chi connectivity index (χ3v) is 5.41. The van der Waals surface area contributed by atoms with Crippen LogP contribution in [0.3, 0.4) is 0 Å². The Hall–Kier alpha value is -2.64. The van der Waals surface area contributed by atoms with Crippen molar-refractivity contribution in [1.29, 1.82) is 0 Å². The predicted octanol–water partition coefficient (Wildman–Crippen LogP) is 3.18. The first kappa shape index (κ1) is 18.2. The van der Waals surface area contributed by atoms with Crippen molar-refractivity contribution in [2.75, 3.05) is 13.7 Å². The van der Waals surface area contributed by atoms with Crippen LogP contribution in [0.25, 0.3) is 11.5 Å². The lowest BCUT2D eigenvalue weighted by atomic mass is 10.2. The molecule has 0 atom stereocenters. The van der Waals surface area contributed by atoms with Crippen LogP contribution in [0, 0.1) is 6.92 Å². The van der Waals surface area contributed by atoms with E-state index in [-0.39, 0.29) is 11.4 Å². The molecule has 0 saturated heterocycles. The number of sulfonamides is 1. The summed E-state index contributed by atoms with van der Waals surface area (Å²) in [4.78, 5) is 4.67. The molecule has 0 unspecified atom stereocenters. The molecule has 0 aliphatic carbocycles. The Morgan fingerprint density at radius 1 is 1.08 bits per heavy atom. The number of aryl methyl sites for hydroxylation is 1. The minimum Gasteiger partial charge on any atom is -0.497 e. The summed E-state index contributed by atoms with van der Waals surface area (Å²) in [6.45, 7) is 2.06. The van der Waals surface area contributed by atoms with Gasteiger partial charge in [-0.15, -0.1) is 0 Å². The second kappa shape index (κ2) is 7.72. The van der Waals surface area contributed by atoms with Gasteiger partial charge in [0.2, 0.25) is 15.9 Å². The van der Waals surface area contributed by atoms with Crippen LogP contribution in [0.2, 0.25) is 0 Å². The van der Waals surface area contributed by atoms with E-state index in [1.165, 1.54) is 19.2 Å². The second-order valence-corrected chi connectivity index (χ2v) is 7.48. The third-order valence-electron chi connectivity index (χ3n) is 3.94. The van der Waals surface area contributed by atoms with Crippen LogP contribution in [0.4, 0.5) is 0 Å². The van der Waals surface area contributed by atoms with E-state index in [1.807, 2.05) is 37.3 Å². The molecule has 1 heterocycles. The molecule has 6 nitrogen and oxygen atoms in total. The smallest absolute Gasteiger partial charge is 0.240 e. The summed E-state index contributed by atoms with van der Waals surface area (Å²) in [5.74, 6) is 1.83. The fourth-order valence-electron chi connectivity index (χ4n) is 2.51. The van der Waals surface area contributed by atoms with Gasteiger partial charge in [-0.1, -0.05) is 18.2 Å². The Bertz CT molecular complexity index is 965. The molecule has 3 rings (SSSR count). The molecule has 0 spiro atoms. The first-order valence-electron chi connectivity index (χ1n) is 8.15. The summed E-state index contributed by atoms with van der Waals surface area (Å²) in [6.07, 6.45) is 0.442. The maximum absolute atomic E-state index is 12.3. The van der Waals surface area contributed by atoms with Gasteiger partial charge in [-0.2, -0.15) is 0 Å². The monoisotopic (exact) mass is 372 g/mol. The minimum absolute atomic E-state index is 0.195. The molecule has 0 bridgehead atoms. The molecule has 0 saturated carbocycles. The average Bonchev–Trinajstić information content (AvgIpc) is 3.03. The van der Waals surface area contributed by atoms with E-state index in [2.05, 4.69) is 9.71 Å². The number of hydrogen-bond donors (Lipinski definition) is 1. The molecule has 136 valence electrons. The number of nitrogens with zero attached hydrogens (tertiary/aromatic N) is 1. The molecular weight excluding hydrogens is 352 g/mol. The highest BCUT2D eigenvalue weighted by Gasteiger charge is 2.15. The lowest BCUT2D eigenvalue weighted by molar-refractivity contribution is 0.414. The summed E-state index contributed by atoms with van der Waals surface area (Å²) in [6, 6.07) is 15.8. The second-order valence-electron chi connectivity index (χ2n) is 5.71. The third kappa shape index (κ3) is 4.12. The Labute approximate surface area is 152 Å². The van der Waals surface area contributed by atoms with Crippen molar-refractivity contribution in [2.24, 2.45) is 0 Å². The maximum Gasteiger partial charge on any atom is 0.240 e. The number of hydrogen-bond acceptors (Lipinski definition) is 5. The predicted molar refractivity (Wildman–Crippen MR) is 98.6 cm³/mol. The molecule has 26 heavy (non-hydrogen) atoms. The molecular formula is C19H20N2O4S. The van der Waals surface area contributed by atoms with Gasteiger partial charge in [-0.25, -0.2) is 18.1 Å². The van der Waals surface area contributed by atoms with Gasteiger partial charge in [0.05, 0.1) is 17.7 Å². The van der Waals surface area contributed by atoms with Crippen molar-refractivity contribution in [1.82, 2.24) is 9.71 Å². The Balaban J connectivity index is 1.65. The van der Waals surface area contributed by atoms with E-state index in [0.717, 1.165) is 11.3 Å². The quantitative estimate of drug-likeness (QED) is 0.689. The van der Waals surface area contributed by atoms with Crippen LogP contribution in [0.15, 0.2) is 63.9 Å². The first-order valence-corrected chi connectivity index (χ1v) is 9.63. The van der Waals surface area contributed by atoms with Crippen molar-refractivity contribution in [3.8, 4) is 17.2 Å². The molecule has 2 aromatic carbocycles. The van der Waals surface area contributed by atoms with Crippen LogP contribution in [-0.4, -0.2) is 27.1 Å². The van der Waals surface area contributed by atoms with Crippen LogP contribution in [-0.2, 0) is 16.4 Å². The Morgan fingerprint density at radius 3 is 2.42 bits per heavy atom. The van der Waals surface area contributed by atoms with Crippen molar-refractivity contribution in [3.63, 3.8) is 0 Å². The van der Waals surface area contributed by atoms with Gasteiger partial charge in [0.25, 0.3) is 0 Å². The normalized spacial score (nSPS) is 11.5. The van der Waals surface area contributed by atoms with E-state index in [4.69, 9.17) is 9.15 Å². The summed E-state index contributed by atoms with van der Waals surface area (Å²) in [5.41, 5.74) is 1.63. The topological polar surface area (TPSA) is 81.4 Å². The summed E-state index contributed by atoms with van der Waals surface area (Å²) in [7, 11) is -2.04. The number of nitrogens with one attached hydrogen (secondary N) is 1. The van der Waals surface area contributed by atoms with E-state index in [9.17, 15) is 8.42 Å². The number of methoxy groups -OCH3 is 1. The largest absolute Gasteiger partial charge is 0.497 e. The summed E-state index contributed by atoms with van der Waals surface area (Å²) in [5, 5.41) is 0. The van der Waals surface area contributed by atoms with Gasteiger partial charge in [-0.3, -0.25) is 0 Å². The zero-order chi connectivity index (χ0) is 18.6. The summed E-state index contributed by atoms with van der Waals surface area (Å²) < 4.78 is 38.0. The zero-order valence-electron chi connectivity index (χ0n) is 14.6. The highest BCUT2D eigenvalue weighted by molar-refractivity contribution is 7.89. The van der Waals surface area contributed by atoms with Crippen molar-refractivity contribution < 1.29 is 17.6 Å². The van der Waals surface area contributed by atoms with Crippen LogP contribution in [0.1, 0.15) is 11.5 Å². The fraction of sp³-hybridized carbons (Fsp3) is 0.211. The van der Waals surface area contributed by atoms with Crippen LogP contribution >= 0.6 is 0 Å². The van der Waals surface area contributed by atoms with Gasteiger partial charge in [-0.05, 0) is 43.3 Å². The molecule has 0 radical (unpaired) electrons. The zero-order valence-corrected chi connectivity index (χ0v) is 15.4. The number of rotatable bonds is 7. The maximum atomic E-state index is 12.3. The van der Waals surface area contributed by atoms with E-state index >= 15 is 0 Å². The van der Waals surface area contributed by atoms with E-state index in [1.54, 1.807) is 12.1 Å². The van der Waals surface area contributed by atoms with Gasteiger partial charge in [0.15, 0.2) is 0 Å². The van der Waals surface area contributed by atoms with Gasteiger partial charge in [0, 0.05) is 18.5 Å². The molecule has 7 heteroatoms. The Morgan fingerprint density at radius 2 is 1.77 bits per heavy atom. The highest BCUT2D eigenvalue weighted by atomic mass is 32.2. The van der Waals surface area contributed by atoms with Gasteiger partial charge >= 0.3 is 0 Å². The first-order chi connectivity index (χ1) is 12.5. The lowest BCUT2D eigenvalue weighted by Gasteiger charge is -2.07. The lowest BCUT2D eigenvalue weighted by Crippen LogP contribution is -2.26. The SMILES string of the molecule is COc1ccc(S(=O)(=O)NCCc2nc(-c3ccccc3)oc2C)cc1. The molecule has 3 aromatic rings. The molecule has 0 aliphatic heterocycles. The minimum atomic E-state index is -3.58. The number of aromatic nitrogens is 1. The highest BCUT2D eigenvalue weighted by Crippen LogP contribution is 2.21. The molecule has 1 aromatic heterocycles. The molecule has 1 N–H and O–H groups in total. The van der Waals surface area contributed by atoms with Gasteiger partial charge < -0.3 is 9.15 Å². The van der Waals surface area contributed by atoms with E-state index < -0.39 is 10.0 Å². The average molecular weight is 372 g/mol. The van der Waals surface area contributed by atoms with Crippen molar-refractivity contribution in [2.45, 2.75) is 18.2 Å². The van der Waals surface area contributed by atoms with Crippen LogP contribution < -0.4 is 9.46 Å². The molecule has 0 amide bonds. The fourth-order valence-corrected chi connectivity index (χ4v) is 3.54. The number of ether oxygens (including phenoxy) is 1. The van der Waals surface area contributed by atoms with Crippen molar-refractivity contribution in [3.05, 3.63) is 66.1 Å². The van der Waals surface area contributed by atoms with Gasteiger partial charge in [0.1, 0.15) is 11.5 Å².